The van der Waals surface area contributed by atoms with Crippen LogP contribution >= 0.6 is 0 Å². The van der Waals surface area contributed by atoms with Gasteiger partial charge in [-0.05, 0) is 27.7 Å². The number of aliphatic carboxylic acids is 1. The maximum atomic E-state index is 12.0. The number of hydrogen-bond acceptors (Lipinski definition) is 4. The summed E-state index contributed by atoms with van der Waals surface area (Å²) >= 11 is 0. The molecule has 112 valence electrons. The zero-order valence-electron chi connectivity index (χ0n) is 12.4. The molecule has 0 aromatic carbocycles. The molecule has 1 unspecified atom stereocenters. The van der Waals surface area contributed by atoms with E-state index in [0.29, 0.717) is 5.56 Å². The highest BCUT2D eigenvalue weighted by Crippen LogP contribution is 2.18. The van der Waals surface area contributed by atoms with Crippen molar-refractivity contribution in [2.45, 2.75) is 39.3 Å². The van der Waals surface area contributed by atoms with Crippen molar-refractivity contribution in [2.75, 3.05) is 13.7 Å². The predicted molar refractivity (Wildman–Crippen MR) is 72.7 cm³/mol. The molecule has 0 aliphatic rings. The first-order valence-electron chi connectivity index (χ1n) is 6.27. The molecule has 0 fully saturated rings. The minimum Gasteiger partial charge on any atom is -0.479 e. The van der Waals surface area contributed by atoms with E-state index in [1.165, 1.54) is 13.3 Å². The summed E-state index contributed by atoms with van der Waals surface area (Å²) in [5.74, 6) is -1.48. The third kappa shape index (κ3) is 3.57. The predicted octanol–water partition coefficient (Wildman–Crippen LogP) is 0.776. The molecule has 0 spiro atoms. The molecule has 0 aliphatic carbocycles. The Morgan fingerprint density at radius 1 is 1.50 bits per heavy atom. The Hall–Kier alpha value is -1.89. The van der Waals surface area contributed by atoms with Crippen LogP contribution in [0.3, 0.4) is 0 Å². The van der Waals surface area contributed by atoms with Crippen LogP contribution in [-0.2, 0) is 15.1 Å². The van der Waals surface area contributed by atoms with E-state index in [2.05, 4.69) is 10.4 Å². The Balaban J connectivity index is 2.79. The van der Waals surface area contributed by atoms with E-state index in [9.17, 15) is 9.59 Å². The van der Waals surface area contributed by atoms with Crippen molar-refractivity contribution >= 4 is 11.9 Å². The summed E-state index contributed by atoms with van der Waals surface area (Å²) in [6, 6.07) is 0. The molecule has 1 aromatic rings. The number of nitrogens with zero attached hydrogens (tertiary/aromatic N) is 2. The van der Waals surface area contributed by atoms with Gasteiger partial charge in [0.05, 0.1) is 23.8 Å². The van der Waals surface area contributed by atoms with Crippen LogP contribution in [0.15, 0.2) is 6.20 Å². The summed E-state index contributed by atoms with van der Waals surface area (Å²) in [6.07, 6.45) is 0.426. The van der Waals surface area contributed by atoms with Crippen molar-refractivity contribution in [3.63, 3.8) is 0 Å². The number of nitrogens with one attached hydrogen (secondary N) is 1. The molecule has 1 rings (SSSR count). The van der Waals surface area contributed by atoms with E-state index in [-0.39, 0.29) is 18.0 Å². The van der Waals surface area contributed by atoms with Crippen LogP contribution in [0.5, 0.6) is 0 Å². The van der Waals surface area contributed by atoms with Crippen LogP contribution in [0.1, 0.15) is 36.8 Å². The van der Waals surface area contributed by atoms with Crippen molar-refractivity contribution in [1.29, 1.82) is 0 Å². The Morgan fingerprint density at radius 3 is 2.50 bits per heavy atom. The number of carboxylic acids is 1. The van der Waals surface area contributed by atoms with Crippen molar-refractivity contribution in [3.05, 3.63) is 17.5 Å². The smallest absolute Gasteiger partial charge is 0.334 e. The topological polar surface area (TPSA) is 93.5 Å². The summed E-state index contributed by atoms with van der Waals surface area (Å²) in [5.41, 5.74) is 0.943. The zero-order valence-corrected chi connectivity index (χ0v) is 12.4. The van der Waals surface area contributed by atoms with Gasteiger partial charge in [0.15, 0.2) is 6.10 Å². The summed E-state index contributed by atoms with van der Waals surface area (Å²) in [5, 5.41) is 15.6. The first kappa shape index (κ1) is 16.2. The van der Waals surface area contributed by atoms with Gasteiger partial charge in [0.2, 0.25) is 0 Å². The van der Waals surface area contributed by atoms with Gasteiger partial charge in [-0.2, -0.15) is 5.10 Å². The second-order valence-corrected chi connectivity index (χ2v) is 5.50. The van der Waals surface area contributed by atoms with E-state index in [1.54, 1.807) is 11.6 Å². The maximum Gasteiger partial charge on any atom is 0.334 e. The van der Waals surface area contributed by atoms with Gasteiger partial charge in [0.25, 0.3) is 5.91 Å². The second-order valence-electron chi connectivity index (χ2n) is 5.50. The number of ether oxygens (including phenoxy) is 1. The molecular weight excluding hydrogens is 262 g/mol. The van der Waals surface area contributed by atoms with Gasteiger partial charge in [-0.15, -0.1) is 0 Å². The van der Waals surface area contributed by atoms with Gasteiger partial charge in [0.1, 0.15) is 0 Å². The summed E-state index contributed by atoms with van der Waals surface area (Å²) in [4.78, 5) is 22.8. The van der Waals surface area contributed by atoms with E-state index < -0.39 is 12.1 Å². The highest BCUT2D eigenvalue weighted by Gasteiger charge is 2.23. The number of amides is 1. The first-order valence-corrected chi connectivity index (χ1v) is 6.27. The Morgan fingerprint density at radius 2 is 2.10 bits per heavy atom. The van der Waals surface area contributed by atoms with Crippen molar-refractivity contribution in [1.82, 2.24) is 15.1 Å². The van der Waals surface area contributed by atoms with Gasteiger partial charge in [-0.3, -0.25) is 9.48 Å². The first-order chi connectivity index (χ1) is 9.18. The lowest BCUT2D eigenvalue weighted by atomic mass is 10.1. The quantitative estimate of drug-likeness (QED) is 0.832. The maximum absolute atomic E-state index is 12.0. The summed E-state index contributed by atoms with van der Waals surface area (Å²) < 4.78 is 6.51. The van der Waals surface area contributed by atoms with Crippen molar-refractivity contribution in [3.8, 4) is 0 Å². The number of carbonyl (C=O) groups is 2. The van der Waals surface area contributed by atoms with E-state index in [0.717, 1.165) is 5.69 Å². The van der Waals surface area contributed by atoms with Gasteiger partial charge in [-0.1, -0.05) is 0 Å². The lowest BCUT2D eigenvalue weighted by Gasteiger charge is -2.21. The van der Waals surface area contributed by atoms with Crippen LogP contribution in [0, 0.1) is 6.92 Å². The molecule has 0 aliphatic heterocycles. The third-order valence-electron chi connectivity index (χ3n) is 2.90. The average Bonchev–Trinajstić information content (AvgIpc) is 2.70. The lowest BCUT2D eigenvalue weighted by molar-refractivity contribution is -0.148. The Labute approximate surface area is 117 Å². The standard InChI is InChI=1S/C13H21N3O4/c1-8-9(6-15-16(8)13(2,3)4)11(17)14-7-10(20-5)12(18)19/h6,10H,7H2,1-5H3,(H,14,17)(H,18,19). The molecule has 0 saturated carbocycles. The van der Waals surface area contributed by atoms with Crippen LogP contribution in [0.2, 0.25) is 0 Å². The van der Waals surface area contributed by atoms with E-state index >= 15 is 0 Å². The molecule has 1 amide bonds. The SMILES string of the molecule is COC(CNC(=O)c1cnn(C(C)(C)C)c1C)C(=O)O. The third-order valence-corrected chi connectivity index (χ3v) is 2.90. The number of rotatable bonds is 5. The minimum absolute atomic E-state index is 0.0925. The lowest BCUT2D eigenvalue weighted by Crippen LogP contribution is -2.38. The highest BCUT2D eigenvalue weighted by atomic mass is 16.5. The van der Waals surface area contributed by atoms with E-state index in [1.807, 2.05) is 20.8 Å². The molecule has 7 heteroatoms. The van der Waals surface area contributed by atoms with Crippen molar-refractivity contribution in [2.24, 2.45) is 0 Å². The molecular formula is C13H21N3O4. The van der Waals surface area contributed by atoms with Crippen molar-refractivity contribution < 1.29 is 19.4 Å². The normalized spacial score (nSPS) is 13.1. The largest absolute Gasteiger partial charge is 0.479 e. The van der Waals surface area contributed by atoms with Crippen LogP contribution in [0.25, 0.3) is 0 Å². The van der Waals surface area contributed by atoms with Gasteiger partial charge >= 0.3 is 5.97 Å². The number of carboxylic acid groups (broad SMARTS) is 1. The van der Waals surface area contributed by atoms with Gasteiger partial charge in [0, 0.05) is 12.8 Å². The summed E-state index contributed by atoms with van der Waals surface area (Å²) in [6.45, 7) is 7.67. The summed E-state index contributed by atoms with van der Waals surface area (Å²) in [7, 11) is 1.29. The molecule has 0 radical (unpaired) electrons. The molecule has 20 heavy (non-hydrogen) atoms. The minimum atomic E-state index is -1.12. The molecule has 1 heterocycles. The number of aromatic nitrogens is 2. The molecule has 0 saturated heterocycles. The molecule has 0 bridgehead atoms. The van der Waals surface area contributed by atoms with Crippen LogP contribution in [0.4, 0.5) is 0 Å². The van der Waals surface area contributed by atoms with Crippen LogP contribution < -0.4 is 5.32 Å². The van der Waals surface area contributed by atoms with Gasteiger partial charge < -0.3 is 15.2 Å². The highest BCUT2D eigenvalue weighted by molar-refractivity contribution is 5.95. The fraction of sp³-hybridized carbons (Fsp3) is 0.615. The number of hydrogen-bond donors (Lipinski definition) is 2. The van der Waals surface area contributed by atoms with E-state index in [4.69, 9.17) is 9.84 Å². The second kappa shape index (κ2) is 6.04. The Kier molecular flexibility index (Phi) is 4.88. The molecule has 2 N–H and O–H groups in total. The molecule has 7 nitrogen and oxygen atoms in total. The Bertz CT molecular complexity index is 502. The zero-order chi connectivity index (χ0) is 15.5. The monoisotopic (exact) mass is 283 g/mol. The fourth-order valence-corrected chi connectivity index (χ4v) is 1.86. The number of carbonyl (C=O) groups excluding carboxylic acids is 1. The molecule has 1 aromatic heterocycles. The average molecular weight is 283 g/mol. The number of methoxy groups -OCH3 is 1. The molecule has 1 atom stereocenters. The fourth-order valence-electron chi connectivity index (χ4n) is 1.86. The van der Waals surface area contributed by atoms with Gasteiger partial charge in [-0.25, -0.2) is 4.79 Å². The van der Waals surface area contributed by atoms with Crippen LogP contribution in [-0.4, -0.2) is 46.5 Å².